The number of benzene rings is 1. The van der Waals surface area contributed by atoms with Gasteiger partial charge in [-0.3, -0.25) is 0 Å². The van der Waals surface area contributed by atoms with Gasteiger partial charge in [-0.15, -0.1) is 11.3 Å². The largest absolute Gasteiger partial charge is 0.308 e. The summed E-state index contributed by atoms with van der Waals surface area (Å²) in [5.41, 5.74) is 2.60. The highest BCUT2D eigenvalue weighted by molar-refractivity contribution is 9.10. The average Bonchev–Trinajstić information content (AvgIpc) is 2.70. The number of hydrogen-bond acceptors (Lipinski definition) is 2. The highest BCUT2D eigenvalue weighted by atomic mass is 79.9. The first-order valence-electron chi connectivity index (χ1n) is 5.34. The Morgan fingerprint density at radius 3 is 2.65 bits per heavy atom. The molecule has 17 heavy (non-hydrogen) atoms. The van der Waals surface area contributed by atoms with E-state index in [1.807, 2.05) is 0 Å². The highest BCUT2D eigenvalue weighted by Gasteiger charge is 1.99. The molecule has 0 atom stereocenters. The molecular weight excluding hydrogens is 362 g/mol. The quantitative estimate of drug-likeness (QED) is 0.804. The smallest absolute Gasteiger partial charge is 0.0303 e. The molecule has 0 aliphatic heterocycles. The van der Waals surface area contributed by atoms with Gasteiger partial charge in [0, 0.05) is 32.3 Å². The van der Waals surface area contributed by atoms with Crippen molar-refractivity contribution < 1.29 is 0 Å². The van der Waals surface area contributed by atoms with E-state index in [9.17, 15) is 0 Å². The lowest BCUT2D eigenvalue weighted by Crippen LogP contribution is -2.11. The first kappa shape index (κ1) is 13.3. The van der Waals surface area contributed by atoms with Crippen molar-refractivity contribution in [2.45, 2.75) is 20.0 Å². The SMILES string of the molecule is Cc1cc(CNCc2cc(Br)cs2)ccc1Br. The van der Waals surface area contributed by atoms with E-state index in [0.29, 0.717) is 0 Å². The number of thiophene rings is 1. The third-order valence-electron chi connectivity index (χ3n) is 2.47. The van der Waals surface area contributed by atoms with Crippen LogP contribution in [-0.2, 0) is 13.1 Å². The van der Waals surface area contributed by atoms with Gasteiger partial charge in [-0.1, -0.05) is 28.1 Å². The van der Waals surface area contributed by atoms with Crippen molar-refractivity contribution in [2.24, 2.45) is 0 Å². The van der Waals surface area contributed by atoms with Crippen molar-refractivity contribution in [3.8, 4) is 0 Å². The van der Waals surface area contributed by atoms with Crippen LogP contribution in [0.5, 0.6) is 0 Å². The van der Waals surface area contributed by atoms with Gasteiger partial charge in [-0.25, -0.2) is 0 Å². The molecule has 4 heteroatoms. The van der Waals surface area contributed by atoms with Gasteiger partial charge in [-0.05, 0) is 46.1 Å². The van der Waals surface area contributed by atoms with Crippen molar-refractivity contribution in [1.29, 1.82) is 0 Å². The molecule has 2 aromatic rings. The summed E-state index contributed by atoms with van der Waals surface area (Å²) in [7, 11) is 0. The predicted octanol–water partition coefficient (Wildman–Crippen LogP) is 4.87. The summed E-state index contributed by atoms with van der Waals surface area (Å²) >= 11 is 8.75. The second kappa shape index (κ2) is 6.14. The monoisotopic (exact) mass is 373 g/mol. The summed E-state index contributed by atoms with van der Waals surface area (Å²) in [5, 5.41) is 5.56. The van der Waals surface area contributed by atoms with Gasteiger partial charge < -0.3 is 5.32 Å². The molecule has 1 aromatic carbocycles. The van der Waals surface area contributed by atoms with Crippen LogP contribution in [0.2, 0.25) is 0 Å². The number of nitrogens with one attached hydrogen (secondary N) is 1. The Hall–Kier alpha value is -0.160. The molecule has 0 bridgehead atoms. The number of rotatable bonds is 4. The van der Waals surface area contributed by atoms with E-state index in [1.54, 1.807) is 11.3 Å². The molecule has 0 aliphatic carbocycles. The molecular formula is C13H13Br2NS. The van der Waals surface area contributed by atoms with Crippen LogP contribution in [0.25, 0.3) is 0 Å². The van der Waals surface area contributed by atoms with Crippen molar-refractivity contribution in [3.63, 3.8) is 0 Å². The van der Waals surface area contributed by atoms with Crippen LogP contribution in [0.1, 0.15) is 16.0 Å². The first-order chi connectivity index (χ1) is 8.15. The van der Waals surface area contributed by atoms with E-state index < -0.39 is 0 Å². The van der Waals surface area contributed by atoms with Gasteiger partial charge in [0.1, 0.15) is 0 Å². The second-order valence-electron chi connectivity index (χ2n) is 3.92. The fourth-order valence-electron chi connectivity index (χ4n) is 1.59. The highest BCUT2D eigenvalue weighted by Crippen LogP contribution is 2.20. The molecule has 1 N–H and O–H groups in total. The van der Waals surface area contributed by atoms with Crippen LogP contribution >= 0.6 is 43.2 Å². The number of halogens is 2. The van der Waals surface area contributed by atoms with Crippen molar-refractivity contribution in [1.82, 2.24) is 5.32 Å². The maximum absolute atomic E-state index is 3.51. The van der Waals surface area contributed by atoms with E-state index in [0.717, 1.165) is 13.1 Å². The molecule has 0 radical (unpaired) electrons. The Morgan fingerprint density at radius 2 is 2.00 bits per heavy atom. The third-order valence-corrected chi connectivity index (χ3v) is 5.06. The van der Waals surface area contributed by atoms with Crippen LogP contribution in [0.3, 0.4) is 0 Å². The standard InChI is InChI=1S/C13H13Br2NS/c1-9-4-10(2-3-13(9)15)6-16-7-12-5-11(14)8-17-12/h2-5,8,16H,6-7H2,1H3. The van der Waals surface area contributed by atoms with Crippen LogP contribution in [0, 0.1) is 6.92 Å². The average molecular weight is 375 g/mol. The summed E-state index contributed by atoms with van der Waals surface area (Å²) in [5.74, 6) is 0. The minimum absolute atomic E-state index is 0.906. The fraction of sp³-hybridized carbons (Fsp3) is 0.231. The molecule has 1 heterocycles. The Kier molecular flexibility index (Phi) is 4.79. The van der Waals surface area contributed by atoms with Crippen LogP contribution < -0.4 is 5.32 Å². The summed E-state index contributed by atoms with van der Waals surface area (Å²) in [6.07, 6.45) is 0. The molecule has 0 spiro atoms. The molecule has 1 aromatic heterocycles. The zero-order valence-electron chi connectivity index (χ0n) is 9.47. The van der Waals surface area contributed by atoms with E-state index in [-0.39, 0.29) is 0 Å². The third kappa shape index (κ3) is 3.91. The molecule has 2 rings (SSSR count). The van der Waals surface area contributed by atoms with E-state index in [4.69, 9.17) is 0 Å². The molecule has 90 valence electrons. The molecule has 0 amide bonds. The van der Waals surface area contributed by atoms with Crippen molar-refractivity contribution in [3.05, 3.63) is 54.6 Å². The van der Waals surface area contributed by atoms with Crippen LogP contribution in [0.15, 0.2) is 38.6 Å². The lowest BCUT2D eigenvalue weighted by molar-refractivity contribution is 0.700. The van der Waals surface area contributed by atoms with Gasteiger partial charge >= 0.3 is 0 Å². The van der Waals surface area contributed by atoms with E-state index >= 15 is 0 Å². The molecule has 0 aliphatic rings. The van der Waals surface area contributed by atoms with Gasteiger partial charge in [-0.2, -0.15) is 0 Å². The van der Waals surface area contributed by atoms with Gasteiger partial charge in [0.2, 0.25) is 0 Å². The van der Waals surface area contributed by atoms with Crippen LogP contribution in [-0.4, -0.2) is 0 Å². The normalized spacial score (nSPS) is 10.8. The Morgan fingerprint density at radius 1 is 1.18 bits per heavy atom. The summed E-state index contributed by atoms with van der Waals surface area (Å²) in [6, 6.07) is 8.62. The predicted molar refractivity (Wildman–Crippen MR) is 81.4 cm³/mol. The molecule has 0 saturated heterocycles. The Labute approximate surface area is 123 Å². The maximum atomic E-state index is 3.51. The van der Waals surface area contributed by atoms with Crippen molar-refractivity contribution >= 4 is 43.2 Å². The Bertz CT molecular complexity index is 508. The summed E-state index contributed by atoms with van der Waals surface area (Å²) in [4.78, 5) is 1.35. The van der Waals surface area contributed by atoms with Crippen LogP contribution in [0.4, 0.5) is 0 Å². The molecule has 0 saturated carbocycles. The van der Waals surface area contributed by atoms with Crippen molar-refractivity contribution in [2.75, 3.05) is 0 Å². The molecule has 0 fully saturated rings. The summed E-state index contributed by atoms with van der Waals surface area (Å²) < 4.78 is 2.34. The topological polar surface area (TPSA) is 12.0 Å². The van der Waals surface area contributed by atoms with Gasteiger partial charge in [0.05, 0.1) is 0 Å². The fourth-order valence-corrected chi connectivity index (χ4v) is 3.26. The zero-order valence-corrected chi connectivity index (χ0v) is 13.5. The van der Waals surface area contributed by atoms with Gasteiger partial charge in [0.15, 0.2) is 0 Å². The van der Waals surface area contributed by atoms with E-state index in [1.165, 1.54) is 24.9 Å². The molecule has 0 unspecified atom stereocenters. The second-order valence-corrected chi connectivity index (χ2v) is 6.68. The first-order valence-corrected chi connectivity index (χ1v) is 7.80. The minimum Gasteiger partial charge on any atom is -0.308 e. The van der Waals surface area contributed by atoms with Gasteiger partial charge in [0.25, 0.3) is 0 Å². The minimum atomic E-state index is 0.906. The lowest BCUT2D eigenvalue weighted by Gasteiger charge is -2.05. The number of hydrogen-bond donors (Lipinski definition) is 1. The molecule has 1 nitrogen and oxygen atoms in total. The maximum Gasteiger partial charge on any atom is 0.0303 e. The zero-order chi connectivity index (χ0) is 12.3. The van der Waals surface area contributed by atoms with E-state index in [2.05, 4.69) is 73.7 Å². The number of aryl methyl sites for hydroxylation is 1. The Balaban J connectivity index is 1.87. The summed E-state index contributed by atoms with van der Waals surface area (Å²) in [6.45, 7) is 3.94. The lowest BCUT2D eigenvalue weighted by atomic mass is 10.1.